The van der Waals surface area contributed by atoms with Gasteiger partial charge < -0.3 is 5.32 Å². The third kappa shape index (κ3) is 8.12. The van der Waals surface area contributed by atoms with E-state index in [-0.39, 0.29) is 6.17 Å². The lowest BCUT2D eigenvalue weighted by molar-refractivity contribution is 0.645. The van der Waals surface area contributed by atoms with Gasteiger partial charge in [0.05, 0.1) is 16.7 Å². The van der Waals surface area contributed by atoms with Crippen LogP contribution in [-0.2, 0) is 12.8 Å². The van der Waals surface area contributed by atoms with Gasteiger partial charge in [-0.2, -0.15) is 0 Å². The number of hydrogen-bond donors (Lipinski definition) is 1. The highest BCUT2D eigenvalue weighted by atomic mass is 15.2. The number of nitrogens with zero attached hydrogens (tertiary/aromatic N) is 2. The lowest BCUT2D eigenvalue weighted by atomic mass is 9.94. The summed E-state index contributed by atoms with van der Waals surface area (Å²) in [5.41, 5.74) is 26.7. The molecule has 314 valence electrons. The van der Waals surface area contributed by atoms with Gasteiger partial charge in [0.2, 0.25) is 0 Å². The van der Waals surface area contributed by atoms with Crippen LogP contribution in [0.4, 0.5) is 0 Å². The quantitative estimate of drug-likeness (QED) is 0.144. The Bertz CT molecular complexity index is 3390. The van der Waals surface area contributed by atoms with Gasteiger partial charge in [0.15, 0.2) is 0 Å². The first-order chi connectivity index (χ1) is 32.0. The highest BCUT2D eigenvalue weighted by molar-refractivity contribution is 6.19. The largest absolute Gasteiger partial charge is 0.346 e. The molecule has 0 saturated carbocycles. The molecule has 1 N–H and O–H groups in total. The van der Waals surface area contributed by atoms with Crippen molar-refractivity contribution in [2.24, 2.45) is 4.99 Å². The van der Waals surface area contributed by atoms with E-state index in [0.29, 0.717) is 0 Å². The highest BCUT2D eigenvalue weighted by Crippen LogP contribution is 2.42. The van der Waals surface area contributed by atoms with E-state index >= 15 is 0 Å². The summed E-state index contributed by atoms with van der Waals surface area (Å²) in [4.78, 5) is 5.44. The van der Waals surface area contributed by atoms with Crippen LogP contribution in [0.3, 0.4) is 0 Å². The lowest BCUT2D eigenvalue weighted by Gasteiger charge is -2.27. The number of aryl methyl sites for hydroxylation is 2. The minimum absolute atomic E-state index is 0.324. The van der Waals surface area contributed by atoms with Gasteiger partial charge in [0, 0.05) is 28.0 Å². The number of para-hydroxylation sites is 1. The van der Waals surface area contributed by atoms with Gasteiger partial charge in [0.1, 0.15) is 12.0 Å². The number of aliphatic imine (C=N–C) groups is 1. The molecule has 0 radical (unpaired) electrons. The Balaban J connectivity index is 0.00000246. The predicted octanol–water partition coefficient (Wildman–Crippen LogP) is 15.3. The topological polar surface area (TPSA) is 29.3 Å². The van der Waals surface area contributed by atoms with Crippen molar-refractivity contribution in [1.82, 2.24) is 9.88 Å². The molecule has 2 heterocycles. The summed E-state index contributed by atoms with van der Waals surface area (Å²) < 4.78 is 2.44. The minimum Gasteiger partial charge on any atom is -0.346 e. The Morgan fingerprint density at radius 1 is 0.554 bits per heavy atom. The van der Waals surface area contributed by atoms with Crippen molar-refractivity contribution in [3.05, 3.63) is 255 Å². The van der Waals surface area contributed by atoms with Crippen LogP contribution in [0.2, 0.25) is 0 Å². The first-order valence-electron chi connectivity index (χ1n) is 22.8. The minimum atomic E-state index is -0.324. The van der Waals surface area contributed by atoms with Crippen LogP contribution in [0, 0.1) is 13.8 Å². The lowest BCUT2D eigenvalue weighted by Crippen LogP contribution is -2.28. The summed E-state index contributed by atoms with van der Waals surface area (Å²) in [6.07, 6.45) is 7.81. The van der Waals surface area contributed by atoms with E-state index in [2.05, 4.69) is 229 Å². The van der Waals surface area contributed by atoms with Gasteiger partial charge in [-0.05, 0) is 118 Å². The molecule has 1 unspecified atom stereocenters. The van der Waals surface area contributed by atoms with Crippen LogP contribution in [0.5, 0.6) is 0 Å². The average Bonchev–Trinajstić information content (AvgIpc) is 3.72. The molecule has 1 atom stereocenters. The van der Waals surface area contributed by atoms with Crippen molar-refractivity contribution < 1.29 is 0 Å². The molecule has 0 saturated heterocycles. The second-order valence-corrected chi connectivity index (χ2v) is 16.8. The van der Waals surface area contributed by atoms with Crippen LogP contribution in [0.25, 0.3) is 62.0 Å². The summed E-state index contributed by atoms with van der Waals surface area (Å²) >= 11 is 0. The molecule has 0 amide bonds. The van der Waals surface area contributed by atoms with E-state index in [0.717, 1.165) is 68.8 Å². The van der Waals surface area contributed by atoms with Gasteiger partial charge in [-0.3, -0.25) is 9.56 Å². The number of benzene rings is 8. The fourth-order valence-electron chi connectivity index (χ4n) is 9.35. The Labute approximate surface area is 382 Å². The Kier molecular flexibility index (Phi) is 11.4. The van der Waals surface area contributed by atoms with Gasteiger partial charge in [-0.15, -0.1) is 0 Å². The molecular formula is C62H51N3. The second kappa shape index (κ2) is 18.0. The summed E-state index contributed by atoms with van der Waals surface area (Å²) in [6, 6.07) is 66.1. The molecule has 1 aliphatic heterocycles. The van der Waals surface area contributed by atoms with E-state index in [1.54, 1.807) is 0 Å². The van der Waals surface area contributed by atoms with Crippen molar-refractivity contribution in [3.63, 3.8) is 0 Å². The van der Waals surface area contributed by atoms with Crippen molar-refractivity contribution in [3.8, 4) is 22.3 Å². The average molecular weight is 838 g/mol. The number of aromatic nitrogens is 1. The Morgan fingerprint density at radius 2 is 1.23 bits per heavy atom. The molecule has 9 aromatic rings. The van der Waals surface area contributed by atoms with Gasteiger partial charge in [-0.1, -0.05) is 195 Å². The molecule has 0 fully saturated rings. The van der Waals surface area contributed by atoms with Gasteiger partial charge in [-0.25, -0.2) is 0 Å². The zero-order valence-electron chi connectivity index (χ0n) is 37.4. The fourth-order valence-corrected chi connectivity index (χ4v) is 9.35. The molecule has 2 aliphatic rings. The first kappa shape index (κ1) is 41.1. The maximum atomic E-state index is 5.44. The van der Waals surface area contributed by atoms with Crippen LogP contribution < -0.4 is 5.32 Å². The third-order valence-corrected chi connectivity index (χ3v) is 12.7. The van der Waals surface area contributed by atoms with Crippen LogP contribution >= 0.6 is 0 Å². The molecule has 0 bridgehead atoms. The van der Waals surface area contributed by atoms with Crippen LogP contribution in [0.15, 0.2) is 205 Å². The highest BCUT2D eigenvalue weighted by Gasteiger charge is 2.26. The summed E-state index contributed by atoms with van der Waals surface area (Å²) in [5, 5.41) is 6.35. The standard InChI is InChI=1S/C60H45N3.C2H6/c1-40-15-9-10-21-47(40)35-43-28-31-44(32-29-43)48-22-13-23-49(37-48)53-25-14-26-54-58-52-24-12-11-18-45(52)33-34-56(58)63(59(53)54)57-39-55(46-19-7-4-8-20-46)61-60(62-57)50-30-27-41(2)51(38-50)36-42-16-5-3-6-17-42;1-2/h3-10,13-34,37-39,60,62H,35-36H2,1-2H3;1-2H3. The molecular weight excluding hydrogens is 787 g/mol. The van der Waals surface area contributed by atoms with Crippen molar-refractivity contribution in [2.45, 2.75) is 46.7 Å². The number of rotatable bonds is 9. The molecule has 8 aromatic carbocycles. The molecule has 11 rings (SSSR count). The van der Waals surface area contributed by atoms with E-state index in [1.165, 1.54) is 55.3 Å². The Hall–Kier alpha value is -7.93. The zero-order valence-corrected chi connectivity index (χ0v) is 37.4. The van der Waals surface area contributed by atoms with Crippen molar-refractivity contribution in [1.29, 1.82) is 0 Å². The third-order valence-electron chi connectivity index (χ3n) is 12.7. The summed E-state index contributed by atoms with van der Waals surface area (Å²) in [5.74, 6) is 0.970. The summed E-state index contributed by atoms with van der Waals surface area (Å²) in [7, 11) is 0. The smallest absolute Gasteiger partial charge is 0.146 e. The SMILES string of the molecule is CC.Cc1ccccc1Cc1ccc(-c2cccc(-c3cccc4c5c6c(ccc5n(C5=CC(c7ccccc7)=NC(c7ccc(C)c(Cc8ccccc8)c7)N5)c34)C=C=C=C6)c2)cc1. The first-order valence-corrected chi connectivity index (χ1v) is 22.8. The molecule has 1 aromatic heterocycles. The predicted molar refractivity (Wildman–Crippen MR) is 275 cm³/mol. The molecule has 3 nitrogen and oxygen atoms in total. The maximum absolute atomic E-state index is 5.44. The zero-order chi connectivity index (χ0) is 44.3. The van der Waals surface area contributed by atoms with Crippen molar-refractivity contribution in [2.75, 3.05) is 0 Å². The van der Waals surface area contributed by atoms with Crippen LogP contribution in [-0.4, -0.2) is 10.3 Å². The Morgan fingerprint density at radius 3 is 2.05 bits per heavy atom. The monoisotopic (exact) mass is 837 g/mol. The van der Waals surface area contributed by atoms with Gasteiger partial charge >= 0.3 is 0 Å². The normalized spacial score (nSPS) is 13.8. The number of hydrogen-bond acceptors (Lipinski definition) is 2. The molecule has 1 aliphatic carbocycles. The fraction of sp³-hybridized carbons (Fsp3) is 0.113. The number of fused-ring (bicyclic) bond motifs is 5. The van der Waals surface area contributed by atoms with Crippen LogP contribution in [0.1, 0.15) is 75.6 Å². The number of nitrogens with one attached hydrogen (secondary N) is 1. The molecule has 3 heteroatoms. The van der Waals surface area contributed by atoms with E-state index < -0.39 is 0 Å². The second-order valence-electron chi connectivity index (χ2n) is 16.8. The number of allylic oxidation sites excluding steroid dienone is 1. The molecule has 65 heavy (non-hydrogen) atoms. The van der Waals surface area contributed by atoms with Crippen molar-refractivity contribution >= 4 is 45.5 Å². The van der Waals surface area contributed by atoms with E-state index in [1.807, 2.05) is 19.9 Å². The van der Waals surface area contributed by atoms with Gasteiger partial charge in [0.25, 0.3) is 0 Å². The summed E-state index contributed by atoms with van der Waals surface area (Å²) in [6.45, 7) is 8.40. The maximum Gasteiger partial charge on any atom is 0.146 e. The molecule has 0 spiro atoms. The van der Waals surface area contributed by atoms with E-state index in [9.17, 15) is 0 Å². The van der Waals surface area contributed by atoms with E-state index in [4.69, 9.17) is 4.99 Å².